The van der Waals surface area contributed by atoms with Crippen molar-refractivity contribution in [2.75, 3.05) is 0 Å². The number of rotatable bonds is 8. The SMILES string of the molecule is CCCCC1CCC(c2ccc(-c3ccc(C(C)c4cc(F)c(C(C)C(F)(F)F)c(F)c4)c(F)c3)cc2)CC1. The van der Waals surface area contributed by atoms with Crippen LogP contribution in [-0.4, -0.2) is 6.18 Å². The van der Waals surface area contributed by atoms with Crippen LogP contribution in [-0.2, 0) is 0 Å². The second-order valence-corrected chi connectivity index (χ2v) is 11.1. The average molecular weight is 547 g/mol. The van der Waals surface area contributed by atoms with Gasteiger partial charge in [0.1, 0.15) is 17.5 Å². The maximum atomic E-state index is 15.2. The van der Waals surface area contributed by atoms with E-state index in [0.29, 0.717) is 18.4 Å². The second-order valence-electron chi connectivity index (χ2n) is 11.1. The molecule has 0 aromatic heterocycles. The third-order valence-electron chi connectivity index (χ3n) is 8.52. The summed E-state index contributed by atoms with van der Waals surface area (Å²) >= 11 is 0. The minimum atomic E-state index is -4.78. The second kappa shape index (κ2) is 12.2. The van der Waals surface area contributed by atoms with Gasteiger partial charge in [0.05, 0.1) is 5.92 Å². The van der Waals surface area contributed by atoms with Gasteiger partial charge in [0.15, 0.2) is 0 Å². The van der Waals surface area contributed by atoms with E-state index in [-0.39, 0.29) is 11.1 Å². The molecular formula is C33H36F6. The Labute approximate surface area is 227 Å². The number of halogens is 6. The molecule has 6 heteroatoms. The Bertz CT molecular complexity index is 1230. The summed E-state index contributed by atoms with van der Waals surface area (Å²) in [7, 11) is 0. The summed E-state index contributed by atoms with van der Waals surface area (Å²) in [6.07, 6.45) is 4.05. The minimum Gasteiger partial charge on any atom is -0.207 e. The highest BCUT2D eigenvalue weighted by molar-refractivity contribution is 5.64. The van der Waals surface area contributed by atoms with Crippen LogP contribution in [0.25, 0.3) is 11.1 Å². The van der Waals surface area contributed by atoms with Gasteiger partial charge in [-0.2, -0.15) is 13.2 Å². The monoisotopic (exact) mass is 546 g/mol. The molecule has 1 aliphatic rings. The van der Waals surface area contributed by atoms with Crippen molar-refractivity contribution in [2.45, 2.75) is 89.6 Å². The standard InChI is InChI=1S/C33H36F6/c1-4-5-6-22-7-9-23(10-8-22)24-11-13-25(14-12-24)26-15-16-28(29(34)17-26)20(2)27-18-30(35)32(31(36)19-27)21(3)33(37,38)39/h11-23H,4-10H2,1-3H3. The molecule has 0 nitrogen and oxygen atoms in total. The van der Waals surface area contributed by atoms with Crippen LogP contribution in [0.5, 0.6) is 0 Å². The zero-order valence-corrected chi connectivity index (χ0v) is 22.7. The Kier molecular flexibility index (Phi) is 9.13. The van der Waals surface area contributed by atoms with Gasteiger partial charge in [0.25, 0.3) is 0 Å². The summed E-state index contributed by atoms with van der Waals surface area (Å²) in [4.78, 5) is 0. The van der Waals surface area contributed by atoms with Crippen molar-refractivity contribution in [1.82, 2.24) is 0 Å². The third kappa shape index (κ3) is 6.70. The van der Waals surface area contributed by atoms with Gasteiger partial charge in [-0.25, -0.2) is 13.2 Å². The van der Waals surface area contributed by atoms with Crippen LogP contribution >= 0.6 is 0 Å². The molecule has 1 aliphatic carbocycles. The van der Waals surface area contributed by atoms with E-state index >= 15 is 4.39 Å². The Morgan fingerprint density at radius 2 is 1.36 bits per heavy atom. The first kappa shape index (κ1) is 29.2. The molecule has 210 valence electrons. The maximum Gasteiger partial charge on any atom is 0.395 e. The summed E-state index contributed by atoms with van der Waals surface area (Å²) in [5.74, 6) is -4.75. The molecule has 0 aliphatic heterocycles. The Morgan fingerprint density at radius 3 is 1.90 bits per heavy atom. The van der Waals surface area contributed by atoms with E-state index in [2.05, 4.69) is 19.1 Å². The molecule has 3 aromatic rings. The Balaban J connectivity index is 1.48. The van der Waals surface area contributed by atoms with E-state index in [1.165, 1.54) is 56.6 Å². The fourth-order valence-corrected chi connectivity index (χ4v) is 5.89. The molecule has 0 amide bonds. The summed E-state index contributed by atoms with van der Waals surface area (Å²) in [5.41, 5.74) is 2.13. The van der Waals surface area contributed by atoms with E-state index in [4.69, 9.17) is 0 Å². The molecule has 0 saturated heterocycles. The Hall–Kier alpha value is -2.76. The highest BCUT2D eigenvalue weighted by atomic mass is 19.4. The summed E-state index contributed by atoms with van der Waals surface area (Å²) in [5, 5.41) is 0. The zero-order valence-electron chi connectivity index (χ0n) is 22.7. The first-order valence-electron chi connectivity index (χ1n) is 13.9. The quantitative estimate of drug-likeness (QED) is 0.247. The number of benzene rings is 3. The highest BCUT2D eigenvalue weighted by Crippen LogP contribution is 2.40. The lowest BCUT2D eigenvalue weighted by Crippen LogP contribution is -2.20. The van der Waals surface area contributed by atoms with Crippen molar-refractivity contribution >= 4 is 0 Å². The molecule has 0 spiro atoms. The molecule has 0 heterocycles. The van der Waals surface area contributed by atoms with Gasteiger partial charge < -0.3 is 0 Å². The molecule has 0 N–H and O–H groups in total. The number of unbranched alkanes of at least 4 members (excludes halogenated alkanes) is 1. The molecule has 0 bridgehead atoms. The van der Waals surface area contributed by atoms with Gasteiger partial charge in [0.2, 0.25) is 0 Å². The smallest absolute Gasteiger partial charge is 0.207 e. The normalized spacial score (nSPS) is 19.6. The van der Waals surface area contributed by atoms with Crippen LogP contribution in [0.15, 0.2) is 54.6 Å². The van der Waals surface area contributed by atoms with Gasteiger partial charge in [0, 0.05) is 11.5 Å². The van der Waals surface area contributed by atoms with Crippen LogP contribution in [0, 0.1) is 23.4 Å². The van der Waals surface area contributed by atoms with Crippen molar-refractivity contribution in [2.24, 2.45) is 5.92 Å². The lowest BCUT2D eigenvalue weighted by atomic mass is 9.77. The zero-order chi connectivity index (χ0) is 28.3. The molecule has 1 saturated carbocycles. The van der Waals surface area contributed by atoms with E-state index in [9.17, 15) is 22.0 Å². The molecule has 3 aromatic carbocycles. The molecule has 0 radical (unpaired) electrons. The lowest BCUT2D eigenvalue weighted by molar-refractivity contribution is -0.147. The minimum absolute atomic E-state index is 0.0727. The van der Waals surface area contributed by atoms with Crippen molar-refractivity contribution in [1.29, 1.82) is 0 Å². The largest absolute Gasteiger partial charge is 0.395 e. The van der Waals surface area contributed by atoms with E-state index in [0.717, 1.165) is 23.6 Å². The van der Waals surface area contributed by atoms with Gasteiger partial charge in [-0.05, 0) is 90.5 Å². The van der Waals surface area contributed by atoms with Crippen LogP contribution in [0.1, 0.15) is 106 Å². The summed E-state index contributed by atoms with van der Waals surface area (Å²) in [6, 6.07) is 14.7. The third-order valence-corrected chi connectivity index (χ3v) is 8.52. The van der Waals surface area contributed by atoms with Gasteiger partial charge >= 0.3 is 6.18 Å². The van der Waals surface area contributed by atoms with Crippen LogP contribution in [0.3, 0.4) is 0 Å². The Morgan fingerprint density at radius 1 is 0.769 bits per heavy atom. The molecular weight excluding hydrogens is 510 g/mol. The lowest BCUT2D eigenvalue weighted by Gasteiger charge is -2.29. The maximum absolute atomic E-state index is 15.2. The van der Waals surface area contributed by atoms with E-state index in [1.54, 1.807) is 19.1 Å². The van der Waals surface area contributed by atoms with Crippen molar-refractivity contribution in [3.63, 3.8) is 0 Å². The molecule has 39 heavy (non-hydrogen) atoms. The van der Waals surface area contributed by atoms with Gasteiger partial charge in [-0.3, -0.25) is 0 Å². The number of hydrogen-bond acceptors (Lipinski definition) is 0. The van der Waals surface area contributed by atoms with Crippen LogP contribution in [0.2, 0.25) is 0 Å². The summed E-state index contributed by atoms with van der Waals surface area (Å²) in [6.45, 7) is 4.53. The number of alkyl halides is 3. The summed E-state index contributed by atoms with van der Waals surface area (Å²) < 4.78 is 83.4. The van der Waals surface area contributed by atoms with Crippen LogP contribution in [0.4, 0.5) is 26.3 Å². The number of hydrogen-bond donors (Lipinski definition) is 0. The predicted octanol–water partition coefficient (Wildman–Crippen LogP) is 11.1. The molecule has 2 unspecified atom stereocenters. The van der Waals surface area contributed by atoms with Crippen molar-refractivity contribution < 1.29 is 26.3 Å². The molecule has 2 atom stereocenters. The fraction of sp³-hybridized carbons (Fsp3) is 0.455. The molecule has 1 fully saturated rings. The van der Waals surface area contributed by atoms with E-state index in [1.807, 2.05) is 12.1 Å². The van der Waals surface area contributed by atoms with E-state index < -0.39 is 41.0 Å². The predicted molar refractivity (Wildman–Crippen MR) is 144 cm³/mol. The van der Waals surface area contributed by atoms with Crippen molar-refractivity contribution in [3.8, 4) is 11.1 Å². The topological polar surface area (TPSA) is 0 Å². The molecule has 4 rings (SSSR count). The first-order valence-corrected chi connectivity index (χ1v) is 13.9. The van der Waals surface area contributed by atoms with Crippen molar-refractivity contribution in [3.05, 3.63) is 94.3 Å². The average Bonchev–Trinajstić information content (AvgIpc) is 2.91. The van der Waals surface area contributed by atoms with Crippen LogP contribution < -0.4 is 0 Å². The van der Waals surface area contributed by atoms with Gasteiger partial charge in [-0.15, -0.1) is 0 Å². The highest BCUT2D eigenvalue weighted by Gasteiger charge is 2.40. The first-order chi connectivity index (χ1) is 18.5. The fourth-order valence-electron chi connectivity index (χ4n) is 5.89. The van der Waals surface area contributed by atoms with Gasteiger partial charge in [-0.1, -0.05) is 69.5 Å².